The Morgan fingerprint density at radius 1 is 0.970 bits per heavy atom. The number of amides is 2. The van der Waals surface area contributed by atoms with E-state index in [0.29, 0.717) is 6.42 Å². The van der Waals surface area contributed by atoms with Crippen LogP contribution in [0.15, 0.2) is 48.5 Å². The van der Waals surface area contributed by atoms with Crippen LogP contribution < -0.4 is 10.6 Å². The first kappa shape index (κ1) is 24.3. The molecule has 0 aliphatic heterocycles. The van der Waals surface area contributed by atoms with Crippen molar-refractivity contribution >= 4 is 18.0 Å². The molecule has 0 saturated heterocycles. The van der Waals surface area contributed by atoms with Crippen LogP contribution in [-0.4, -0.2) is 54.0 Å². The van der Waals surface area contributed by atoms with Crippen molar-refractivity contribution in [3.63, 3.8) is 0 Å². The van der Waals surface area contributed by atoms with E-state index in [4.69, 9.17) is 9.84 Å². The molecule has 0 aromatic heterocycles. The van der Waals surface area contributed by atoms with Crippen molar-refractivity contribution in [2.75, 3.05) is 19.7 Å². The molecule has 33 heavy (non-hydrogen) atoms. The van der Waals surface area contributed by atoms with Crippen LogP contribution in [0.1, 0.15) is 43.2 Å². The first-order valence-electron chi connectivity index (χ1n) is 11.2. The zero-order valence-corrected chi connectivity index (χ0v) is 18.6. The molecule has 1 aliphatic rings. The highest BCUT2D eigenvalue weighted by Crippen LogP contribution is 2.44. The van der Waals surface area contributed by atoms with Gasteiger partial charge in [0.1, 0.15) is 6.61 Å². The zero-order chi connectivity index (χ0) is 23.8. The average molecular weight is 455 g/mol. The summed E-state index contributed by atoms with van der Waals surface area (Å²) in [5.41, 5.74) is 4.53. The van der Waals surface area contributed by atoms with Crippen LogP contribution >= 0.6 is 0 Å². The molecule has 0 spiro atoms. The Hall–Kier alpha value is -3.39. The highest BCUT2D eigenvalue weighted by molar-refractivity contribution is 5.80. The van der Waals surface area contributed by atoms with Crippen molar-refractivity contribution < 1.29 is 29.3 Å². The van der Waals surface area contributed by atoms with Crippen molar-refractivity contribution in [1.29, 1.82) is 0 Å². The second-order valence-corrected chi connectivity index (χ2v) is 8.19. The molecule has 0 fully saturated rings. The number of carboxylic acids is 1. The van der Waals surface area contributed by atoms with E-state index < -0.39 is 30.5 Å². The third-order valence-corrected chi connectivity index (χ3v) is 5.77. The Labute approximate surface area is 193 Å². The standard InChI is InChI=1S/C25H30N2O6/c1-2-7-16(24(31)26-14-17(28)12-23(29)30)13-27-25(32)33-15-22-20-10-5-3-8-18(20)19-9-4-6-11-21(19)22/h3-6,8-11,16-17,22,28H,2,7,12-15H2,1H3,(H,26,31)(H,27,32)(H,29,30). The van der Waals surface area contributed by atoms with E-state index >= 15 is 0 Å². The van der Waals surface area contributed by atoms with Crippen LogP contribution in [0.2, 0.25) is 0 Å². The summed E-state index contributed by atoms with van der Waals surface area (Å²) in [6.45, 7) is 2.04. The van der Waals surface area contributed by atoms with Gasteiger partial charge in [0.2, 0.25) is 5.91 Å². The average Bonchev–Trinajstić information content (AvgIpc) is 3.12. The van der Waals surface area contributed by atoms with Gasteiger partial charge in [-0.3, -0.25) is 9.59 Å². The van der Waals surface area contributed by atoms with Gasteiger partial charge >= 0.3 is 12.1 Å². The third kappa shape index (κ3) is 6.32. The SMILES string of the molecule is CCCC(CNC(=O)OCC1c2ccccc2-c2ccccc21)C(=O)NCC(O)CC(=O)O. The van der Waals surface area contributed by atoms with Crippen LogP contribution in [0.3, 0.4) is 0 Å². The highest BCUT2D eigenvalue weighted by atomic mass is 16.5. The molecule has 2 aromatic rings. The van der Waals surface area contributed by atoms with Crippen LogP contribution in [0.25, 0.3) is 11.1 Å². The van der Waals surface area contributed by atoms with Crippen LogP contribution in [-0.2, 0) is 14.3 Å². The van der Waals surface area contributed by atoms with Gasteiger partial charge in [0.05, 0.1) is 18.4 Å². The number of hydrogen-bond acceptors (Lipinski definition) is 5. The monoisotopic (exact) mass is 454 g/mol. The highest BCUT2D eigenvalue weighted by Gasteiger charge is 2.29. The van der Waals surface area contributed by atoms with Crippen LogP contribution in [0.4, 0.5) is 4.79 Å². The molecule has 8 heteroatoms. The van der Waals surface area contributed by atoms with Gasteiger partial charge in [-0.1, -0.05) is 61.9 Å². The van der Waals surface area contributed by atoms with E-state index in [-0.39, 0.29) is 31.5 Å². The van der Waals surface area contributed by atoms with E-state index in [1.54, 1.807) is 0 Å². The quantitative estimate of drug-likeness (QED) is 0.414. The number of carboxylic acid groups (broad SMARTS) is 1. The number of fused-ring (bicyclic) bond motifs is 3. The number of rotatable bonds is 11. The van der Waals surface area contributed by atoms with Gasteiger partial charge in [0.25, 0.3) is 0 Å². The van der Waals surface area contributed by atoms with Crippen molar-refractivity contribution in [2.45, 2.75) is 38.2 Å². The summed E-state index contributed by atoms with van der Waals surface area (Å²) in [4.78, 5) is 35.4. The number of hydrogen-bond donors (Lipinski definition) is 4. The summed E-state index contributed by atoms with van der Waals surface area (Å²) in [6, 6.07) is 16.1. The lowest BCUT2D eigenvalue weighted by Crippen LogP contribution is -2.42. The summed E-state index contributed by atoms with van der Waals surface area (Å²) in [5.74, 6) is -2.04. The molecule has 1 aliphatic carbocycles. The summed E-state index contributed by atoms with van der Waals surface area (Å²) < 4.78 is 5.50. The number of aliphatic carboxylic acids is 1. The molecular weight excluding hydrogens is 424 g/mol. The van der Waals surface area contributed by atoms with E-state index in [1.807, 2.05) is 43.3 Å². The van der Waals surface area contributed by atoms with Gasteiger partial charge in [-0.15, -0.1) is 0 Å². The molecule has 2 amide bonds. The predicted octanol–water partition coefficient (Wildman–Crippen LogP) is 2.89. The first-order valence-corrected chi connectivity index (χ1v) is 11.2. The lowest BCUT2D eigenvalue weighted by Gasteiger charge is -2.19. The Bertz CT molecular complexity index is 947. The number of aliphatic hydroxyl groups is 1. The summed E-state index contributed by atoms with van der Waals surface area (Å²) in [7, 11) is 0. The molecule has 176 valence electrons. The summed E-state index contributed by atoms with van der Waals surface area (Å²) >= 11 is 0. The minimum atomic E-state index is -1.16. The normalized spacial score (nSPS) is 14.0. The van der Waals surface area contributed by atoms with Gasteiger partial charge in [-0.05, 0) is 28.7 Å². The predicted molar refractivity (Wildman–Crippen MR) is 123 cm³/mol. The van der Waals surface area contributed by atoms with Crippen molar-refractivity contribution in [3.05, 3.63) is 59.7 Å². The Morgan fingerprint density at radius 2 is 1.58 bits per heavy atom. The topological polar surface area (TPSA) is 125 Å². The van der Waals surface area contributed by atoms with Gasteiger partial charge in [-0.2, -0.15) is 0 Å². The molecular formula is C25H30N2O6. The molecule has 0 bridgehead atoms. The Morgan fingerprint density at radius 3 is 2.15 bits per heavy atom. The Kier molecular flexibility index (Phi) is 8.43. The van der Waals surface area contributed by atoms with E-state index in [1.165, 1.54) is 0 Å². The third-order valence-electron chi connectivity index (χ3n) is 5.77. The maximum Gasteiger partial charge on any atom is 0.407 e. The number of nitrogens with one attached hydrogen (secondary N) is 2. The molecule has 8 nitrogen and oxygen atoms in total. The molecule has 2 atom stereocenters. The lowest BCUT2D eigenvalue weighted by molar-refractivity contribution is -0.139. The van der Waals surface area contributed by atoms with E-state index in [2.05, 4.69) is 22.8 Å². The van der Waals surface area contributed by atoms with Gasteiger partial charge in [0, 0.05) is 19.0 Å². The number of benzene rings is 2. The van der Waals surface area contributed by atoms with Crippen LogP contribution in [0.5, 0.6) is 0 Å². The minimum Gasteiger partial charge on any atom is -0.481 e. The fourth-order valence-electron chi connectivity index (χ4n) is 4.17. The molecule has 4 N–H and O–H groups in total. The second-order valence-electron chi connectivity index (χ2n) is 8.19. The first-order chi connectivity index (χ1) is 15.9. The Balaban J connectivity index is 1.52. The number of ether oxygens (including phenoxy) is 1. The van der Waals surface area contributed by atoms with Gasteiger partial charge in [0.15, 0.2) is 0 Å². The smallest absolute Gasteiger partial charge is 0.407 e. The van der Waals surface area contributed by atoms with Crippen molar-refractivity contribution in [3.8, 4) is 11.1 Å². The molecule has 0 saturated carbocycles. The lowest BCUT2D eigenvalue weighted by atomic mass is 9.98. The summed E-state index contributed by atoms with van der Waals surface area (Å²) in [6.07, 6.45) is -0.955. The fourth-order valence-corrected chi connectivity index (χ4v) is 4.17. The fraction of sp³-hybridized carbons (Fsp3) is 0.400. The minimum absolute atomic E-state index is 0.0476. The maximum absolute atomic E-state index is 12.4. The molecule has 0 radical (unpaired) electrons. The van der Waals surface area contributed by atoms with Gasteiger partial charge in [-0.25, -0.2) is 4.79 Å². The number of carbonyl (C=O) groups excluding carboxylic acids is 2. The van der Waals surface area contributed by atoms with Crippen LogP contribution in [0, 0.1) is 5.92 Å². The molecule has 2 aromatic carbocycles. The molecule has 0 heterocycles. The largest absolute Gasteiger partial charge is 0.481 e. The number of alkyl carbamates (subject to hydrolysis) is 1. The van der Waals surface area contributed by atoms with Gasteiger partial charge < -0.3 is 25.6 Å². The van der Waals surface area contributed by atoms with Crippen molar-refractivity contribution in [2.24, 2.45) is 5.92 Å². The number of carbonyl (C=O) groups is 3. The maximum atomic E-state index is 12.4. The summed E-state index contributed by atoms with van der Waals surface area (Å²) in [5, 5.41) is 23.5. The van der Waals surface area contributed by atoms with E-state index in [9.17, 15) is 19.5 Å². The van der Waals surface area contributed by atoms with Crippen molar-refractivity contribution in [1.82, 2.24) is 10.6 Å². The zero-order valence-electron chi connectivity index (χ0n) is 18.6. The molecule has 3 rings (SSSR count). The van der Waals surface area contributed by atoms with E-state index in [0.717, 1.165) is 28.7 Å². The second kappa shape index (κ2) is 11.5. The molecule has 2 unspecified atom stereocenters. The number of aliphatic hydroxyl groups excluding tert-OH is 1.